The second-order valence-corrected chi connectivity index (χ2v) is 6.22. The van der Waals surface area contributed by atoms with Crippen molar-refractivity contribution in [3.05, 3.63) is 53.8 Å². The maximum absolute atomic E-state index is 13.7. The zero-order valence-electron chi connectivity index (χ0n) is 11.4. The fraction of sp³-hybridized carbons (Fsp3) is 0.143. The topological polar surface area (TPSA) is 98.2 Å². The summed E-state index contributed by atoms with van der Waals surface area (Å²) in [4.78, 5) is -0.120. The second kappa shape index (κ2) is 5.71. The Bertz CT molecular complexity index is 763. The molecule has 0 saturated heterocycles. The van der Waals surface area contributed by atoms with Gasteiger partial charge in [-0.2, -0.15) is 0 Å². The van der Waals surface area contributed by atoms with Gasteiger partial charge in [-0.25, -0.2) is 17.9 Å². The number of benzene rings is 2. The van der Waals surface area contributed by atoms with Crippen LogP contribution < -0.4 is 16.2 Å². The van der Waals surface area contributed by atoms with Crippen LogP contribution in [0.4, 0.5) is 15.8 Å². The third-order valence-corrected chi connectivity index (χ3v) is 4.01. The largest absolute Gasteiger partial charge is 0.399 e. The van der Waals surface area contributed by atoms with Crippen molar-refractivity contribution in [3.63, 3.8) is 0 Å². The maximum Gasteiger partial charge on any atom is 0.240 e. The first-order valence-corrected chi connectivity index (χ1v) is 7.77. The molecule has 0 spiro atoms. The Kier molecular flexibility index (Phi) is 4.15. The lowest BCUT2D eigenvalue weighted by molar-refractivity contribution is 0.596. The summed E-state index contributed by atoms with van der Waals surface area (Å²) < 4.78 is 36.9. The number of halogens is 1. The van der Waals surface area contributed by atoms with Gasteiger partial charge in [-0.15, -0.1) is 0 Å². The summed E-state index contributed by atoms with van der Waals surface area (Å²) in [6.07, 6.45) is 0. The molecule has 0 aliphatic rings. The van der Waals surface area contributed by atoms with Crippen LogP contribution in [0.3, 0.4) is 0 Å². The van der Waals surface area contributed by atoms with E-state index in [1.54, 1.807) is 31.2 Å². The molecule has 1 unspecified atom stereocenters. The Hall–Kier alpha value is -2.12. The highest BCUT2D eigenvalue weighted by atomic mass is 32.2. The molecular formula is C14H16FN3O2S. The van der Waals surface area contributed by atoms with Crippen LogP contribution in [0.1, 0.15) is 18.5 Å². The van der Waals surface area contributed by atoms with Gasteiger partial charge in [0.25, 0.3) is 0 Å². The van der Waals surface area contributed by atoms with E-state index < -0.39 is 16.1 Å². The average Bonchev–Trinajstić information content (AvgIpc) is 2.40. The van der Waals surface area contributed by atoms with E-state index in [1.165, 1.54) is 18.2 Å². The van der Waals surface area contributed by atoms with Crippen LogP contribution in [-0.4, -0.2) is 8.42 Å². The normalized spacial score (nSPS) is 12.9. The summed E-state index contributed by atoms with van der Waals surface area (Å²) in [5.41, 5.74) is 6.57. The fourth-order valence-electron chi connectivity index (χ4n) is 2.03. The number of anilines is 2. The van der Waals surface area contributed by atoms with Crippen LogP contribution in [0.2, 0.25) is 0 Å². The zero-order valence-corrected chi connectivity index (χ0v) is 12.2. The molecule has 0 aliphatic carbocycles. The Morgan fingerprint density at radius 3 is 2.48 bits per heavy atom. The highest BCUT2D eigenvalue weighted by Crippen LogP contribution is 2.27. The van der Waals surface area contributed by atoms with E-state index in [1.807, 2.05) is 0 Å². The number of nitrogen functional groups attached to an aromatic ring is 1. The average molecular weight is 309 g/mol. The van der Waals surface area contributed by atoms with Crippen LogP contribution in [-0.2, 0) is 10.0 Å². The molecule has 7 heteroatoms. The molecule has 0 bridgehead atoms. The molecule has 0 heterocycles. The number of hydrogen-bond acceptors (Lipinski definition) is 4. The molecule has 2 rings (SSSR count). The van der Waals surface area contributed by atoms with Crippen molar-refractivity contribution < 1.29 is 12.8 Å². The van der Waals surface area contributed by atoms with E-state index in [2.05, 4.69) is 5.32 Å². The van der Waals surface area contributed by atoms with Crippen LogP contribution in [0.15, 0.2) is 47.4 Å². The Morgan fingerprint density at radius 2 is 1.86 bits per heavy atom. The first kappa shape index (κ1) is 15.3. The quantitative estimate of drug-likeness (QED) is 0.754. The summed E-state index contributed by atoms with van der Waals surface area (Å²) in [5, 5.41) is 8.12. The highest BCUT2D eigenvalue weighted by molar-refractivity contribution is 7.89. The first-order chi connectivity index (χ1) is 9.79. The first-order valence-electron chi connectivity index (χ1n) is 6.22. The molecule has 112 valence electrons. The zero-order chi connectivity index (χ0) is 15.6. The van der Waals surface area contributed by atoms with Gasteiger partial charge in [0.2, 0.25) is 10.0 Å². The predicted molar refractivity (Wildman–Crippen MR) is 80.7 cm³/mol. The van der Waals surface area contributed by atoms with E-state index in [9.17, 15) is 12.8 Å². The van der Waals surface area contributed by atoms with Crippen molar-refractivity contribution in [1.82, 2.24) is 0 Å². The fourth-order valence-corrected chi connectivity index (χ4v) is 2.76. The lowest BCUT2D eigenvalue weighted by atomic mass is 10.1. The van der Waals surface area contributed by atoms with Crippen molar-refractivity contribution in [2.75, 3.05) is 11.1 Å². The van der Waals surface area contributed by atoms with Gasteiger partial charge in [0.1, 0.15) is 10.7 Å². The van der Waals surface area contributed by atoms with Crippen LogP contribution in [0, 0.1) is 5.82 Å². The molecule has 1 atom stereocenters. The molecule has 0 saturated carbocycles. The van der Waals surface area contributed by atoms with Crippen molar-refractivity contribution in [1.29, 1.82) is 0 Å². The van der Waals surface area contributed by atoms with Crippen molar-refractivity contribution in [2.45, 2.75) is 17.9 Å². The van der Waals surface area contributed by atoms with Gasteiger partial charge in [0.05, 0.1) is 11.7 Å². The summed E-state index contributed by atoms with van der Waals surface area (Å²) >= 11 is 0. The molecular weight excluding hydrogens is 293 g/mol. The molecule has 5 nitrogen and oxygen atoms in total. The Morgan fingerprint density at radius 1 is 1.19 bits per heavy atom. The van der Waals surface area contributed by atoms with E-state index in [-0.39, 0.29) is 22.1 Å². The predicted octanol–water partition coefficient (Wildman–Crippen LogP) is 2.23. The minimum Gasteiger partial charge on any atom is -0.399 e. The number of nitrogens with one attached hydrogen (secondary N) is 1. The third kappa shape index (κ3) is 3.50. The monoisotopic (exact) mass is 309 g/mol. The van der Waals surface area contributed by atoms with Crippen molar-refractivity contribution in [2.24, 2.45) is 5.14 Å². The van der Waals surface area contributed by atoms with Gasteiger partial charge in [-0.05, 0) is 31.2 Å². The summed E-state index contributed by atoms with van der Waals surface area (Å²) in [7, 11) is -3.93. The lowest BCUT2D eigenvalue weighted by Crippen LogP contribution is -2.17. The van der Waals surface area contributed by atoms with Crippen LogP contribution in [0.25, 0.3) is 0 Å². The van der Waals surface area contributed by atoms with Gasteiger partial charge in [-0.1, -0.05) is 18.2 Å². The summed E-state index contributed by atoms with van der Waals surface area (Å²) in [6, 6.07) is 10.2. The van der Waals surface area contributed by atoms with Gasteiger partial charge in [0, 0.05) is 11.3 Å². The van der Waals surface area contributed by atoms with Gasteiger partial charge < -0.3 is 11.1 Å². The van der Waals surface area contributed by atoms with Gasteiger partial charge >= 0.3 is 0 Å². The van der Waals surface area contributed by atoms with Gasteiger partial charge in [0.15, 0.2) is 0 Å². The SMILES string of the molecule is CC(Nc1ccc(N)cc1S(N)(=O)=O)c1ccccc1F. The van der Waals surface area contributed by atoms with E-state index in [4.69, 9.17) is 10.9 Å². The van der Waals surface area contributed by atoms with Gasteiger partial charge in [-0.3, -0.25) is 0 Å². The van der Waals surface area contributed by atoms with Crippen LogP contribution in [0.5, 0.6) is 0 Å². The van der Waals surface area contributed by atoms with Crippen molar-refractivity contribution >= 4 is 21.4 Å². The standard InChI is InChI=1S/C14H16FN3O2S/c1-9(11-4-2-3-5-12(11)15)18-13-7-6-10(16)8-14(13)21(17,19)20/h2-9,18H,16H2,1H3,(H2,17,19,20). The molecule has 0 fully saturated rings. The lowest BCUT2D eigenvalue weighted by Gasteiger charge is -2.18. The minimum absolute atomic E-state index is 0.120. The Labute approximate surface area is 122 Å². The van der Waals surface area contributed by atoms with Crippen LogP contribution >= 0.6 is 0 Å². The number of primary sulfonamides is 1. The molecule has 0 radical (unpaired) electrons. The molecule has 2 aromatic rings. The molecule has 0 aliphatic heterocycles. The number of nitrogens with two attached hydrogens (primary N) is 2. The molecule has 0 aromatic heterocycles. The molecule has 21 heavy (non-hydrogen) atoms. The number of rotatable bonds is 4. The van der Waals surface area contributed by atoms with E-state index in [0.29, 0.717) is 5.56 Å². The maximum atomic E-state index is 13.7. The summed E-state index contributed by atoms with van der Waals surface area (Å²) in [6.45, 7) is 1.72. The third-order valence-electron chi connectivity index (χ3n) is 3.06. The highest BCUT2D eigenvalue weighted by Gasteiger charge is 2.17. The Balaban J connectivity index is 2.39. The second-order valence-electron chi connectivity index (χ2n) is 4.69. The van der Waals surface area contributed by atoms with Crippen molar-refractivity contribution in [3.8, 4) is 0 Å². The van der Waals surface area contributed by atoms with E-state index >= 15 is 0 Å². The molecule has 5 N–H and O–H groups in total. The molecule has 0 amide bonds. The number of sulfonamides is 1. The summed E-state index contributed by atoms with van der Waals surface area (Å²) in [5.74, 6) is -0.370. The smallest absolute Gasteiger partial charge is 0.240 e. The molecule has 2 aromatic carbocycles. The van der Waals surface area contributed by atoms with E-state index in [0.717, 1.165) is 0 Å². The minimum atomic E-state index is -3.93. The number of hydrogen-bond donors (Lipinski definition) is 3.